The van der Waals surface area contributed by atoms with Crippen LogP contribution in [0.5, 0.6) is 11.5 Å². The number of halogens is 2. The summed E-state index contributed by atoms with van der Waals surface area (Å²) in [6, 6.07) is 10.9. The molecule has 0 amide bonds. The minimum absolute atomic E-state index is 0.373. The van der Waals surface area contributed by atoms with Gasteiger partial charge in [0.05, 0.1) is 47.8 Å². The van der Waals surface area contributed by atoms with Gasteiger partial charge in [0.25, 0.3) is 0 Å². The van der Waals surface area contributed by atoms with Crippen molar-refractivity contribution in [3.05, 3.63) is 46.4 Å². The maximum absolute atomic E-state index is 10.3. The van der Waals surface area contributed by atoms with Crippen molar-refractivity contribution >= 4 is 34.6 Å². The summed E-state index contributed by atoms with van der Waals surface area (Å²) in [7, 11) is 0. The van der Waals surface area contributed by atoms with E-state index in [4.69, 9.17) is 32.7 Å². The van der Waals surface area contributed by atoms with Crippen LogP contribution in [0.3, 0.4) is 0 Å². The van der Waals surface area contributed by atoms with Crippen molar-refractivity contribution in [3.63, 3.8) is 0 Å². The Hall–Kier alpha value is -1.66. The fourth-order valence-electron chi connectivity index (χ4n) is 2.85. The zero-order chi connectivity index (χ0) is 16.7. The van der Waals surface area contributed by atoms with Gasteiger partial charge in [0.1, 0.15) is 17.1 Å². The lowest BCUT2D eigenvalue weighted by Crippen LogP contribution is -2.57. The molecule has 2 aromatic rings. The summed E-state index contributed by atoms with van der Waals surface area (Å²) in [5.41, 5.74) is 1.23. The molecule has 2 aromatic carbocycles. The summed E-state index contributed by atoms with van der Waals surface area (Å²) in [5.74, 6) is 1.31. The molecule has 0 aliphatic carbocycles. The lowest BCUT2D eigenvalue weighted by atomic mass is 10.0. The second-order valence-corrected chi connectivity index (χ2v) is 6.92. The number of anilines is 2. The van der Waals surface area contributed by atoms with E-state index in [1.54, 1.807) is 18.2 Å². The molecule has 5 nitrogen and oxygen atoms in total. The first-order chi connectivity index (χ1) is 11.5. The molecule has 2 heterocycles. The predicted molar refractivity (Wildman–Crippen MR) is 94.6 cm³/mol. The Kier molecular flexibility index (Phi) is 3.96. The molecular formula is C17H16Cl2N2O3. The Morgan fingerprint density at radius 2 is 1.88 bits per heavy atom. The Labute approximate surface area is 149 Å². The number of hydrogen-bond donors (Lipinski definition) is 2. The number of hydrogen-bond acceptors (Lipinski definition) is 5. The Morgan fingerprint density at radius 1 is 1.12 bits per heavy atom. The normalized spacial score (nSPS) is 17.9. The Balaban J connectivity index is 1.55. The van der Waals surface area contributed by atoms with E-state index in [1.807, 2.05) is 18.2 Å². The van der Waals surface area contributed by atoms with E-state index in [-0.39, 0.29) is 0 Å². The summed E-state index contributed by atoms with van der Waals surface area (Å²) in [6.45, 7) is 1.91. The molecule has 2 aliphatic heterocycles. The van der Waals surface area contributed by atoms with Gasteiger partial charge in [-0.3, -0.25) is 0 Å². The van der Waals surface area contributed by atoms with E-state index in [2.05, 4.69) is 10.2 Å². The van der Waals surface area contributed by atoms with Gasteiger partial charge in [-0.1, -0.05) is 23.2 Å². The molecule has 1 saturated heterocycles. The van der Waals surface area contributed by atoms with E-state index >= 15 is 0 Å². The summed E-state index contributed by atoms with van der Waals surface area (Å²) < 4.78 is 11.0. The van der Waals surface area contributed by atoms with Crippen LogP contribution >= 0.6 is 23.2 Å². The van der Waals surface area contributed by atoms with Gasteiger partial charge in [-0.15, -0.1) is 0 Å². The molecule has 2 N–H and O–H groups in total. The third kappa shape index (κ3) is 3.00. The predicted octanol–water partition coefficient (Wildman–Crippen LogP) is 3.74. The molecule has 0 saturated carbocycles. The van der Waals surface area contributed by atoms with Crippen molar-refractivity contribution in [1.82, 2.24) is 0 Å². The highest BCUT2D eigenvalue weighted by Crippen LogP contribution is 2.38. The van der Waals surface area contributed by atoms with Gasteiger partial charge in [0.15, 0.2) is 0 Å². The molecule has 0 radical (unpaired) electrons. The summed E-state index contributed by atoms with van der Waals surface area (Å²) >= 11 is 11.9. The van der Waals surface area contributed by atoms with E-state index in [0.717, 1.165) is 11.4 Å². The van der Waals surface area contributed by atoms with Crippen molar-refractivity contribution < 1.29 is 14.6 Å². The second kappa shape index (κ2) is 6.01. The van der Waals surface area contributed by atoms with Gasteiger partial charge < -0.3 is 24.8 Å². The van der Waals surface area contributed by atoms with Crippen molar-refractivity contribution in [3.8, 4) is 11.5 Å². The fourth-order valence-corrected chi connectivity index (χ4v) is 3.14. The second-order valence-electron chi connectivity index (χ2n) is 6.11. The third-order valence-electron chi connectivity index (χ3n) is 4.12. The number of ether oxygens (including phenoxy) is 2. The lowest BCUT2D eigenvalue weighted by Gasteiger charge is -2.39. The minimum atomic E-state index is -0.774. The highest BCUT2D eigenvalue weighted by molar-refractivity contribution is 6.42. The average molecular weight is 367 g/mol. The van der Waals surface area contributed by atoms with E-state index in [1.165, 1.54) is 0 Å². The van der Waals surface area contributed by atoms with Gasteiger partial charge >= 0.3 is 0 Å². The summed E-state index contributed by atoms with van der Waals surface area (Å²) in [4.78, 5) is 2.08. The van der Waals surface area contributed by atoms with Gasteiger partial charge in [0.2, 0.25) is 0 Å². The maximum atomic E-state index is 10.3. The van der Waals surface area contributed by atoms with Gasteiger partial charge in [-0.05, 0) is 24.3 Å². The largest absolute Gasteiger partial charge is 0.457 e. The zero-order valence-corrected chi connectivity index (χ0v) is 14.3. The molecule has 0 spiro atoms. The third-order valence-corrected chi connectivity index (χ3v) is 4.86. The number of aliphatic hydroxyl groups is 1. The molecule has 126 valence electrons. The van der Waals surface area contributed by atoms with Crippen LogP contribution in [0.2, 0.25) is 10.0 Å². The monoisotopic (exact) mass is 366 g/mol. The highest BCUT2D eigenvalue weighted by Gasteiger charge is 2.39. The Morgan fingerprint density at radius 3 is 2.58 bits per heavy atom. The van der Waals surface area contributed by atoms with Crippen LogP contribution in [0, 0.1) is 0 Å². The molecule has 1 fully saturated rings. The number of fused-ring (bicyclic) bond motifs is 1. The van der Waals surface area contributed by atoms with Crippen molar-refractivity contribution in [2.24, 2.45) is 0 Å². The van der Waals surface area contributed by atoms with Gasteiger partial charge in [-0.25, -0.2) is 0 Å². The van der Waals surface area contributed by atoms with Crippen molar-refractivity contribution in [2.75, 3.05) is 36.6 Å². The molecule has 0 unspecified atom stereocenters. The number of benzene rings is 2. The van der Waals surface area contributed by atoms with E-state index < -0.39 is 5.60 Å². The first kappa shape index (κ1) is 15.8. The summed E-state index contributed by atoms with van der Waals surface area (Å²) in [6.07, 6.45) is 0. The van der Waals surface area contributed by atoms with Crippen LogP contribution < -0.4 is 15.0 Å². The van der Waals surface area contributed by atoms with Crippen molar-refractivity contribution in [2.45, 2.75) is 5.60 Å². The molecular weight excluding hydrogens is 351 g/mol. The first-order valence-corrected chi connectivity index (χ1v) is 8.34. The lowest BCUT2D eigenvalue weighted by molar-refractivity contribution is -0.171. The SMILES string of the molecule is OC1(CN2CNc3ccc(Oc4ccc(Cl)c(Cl)c4)cc32)COC1. The number of β-amino-alcohol motifs (C(OH)–C–C–N with tert-alkyl or cyclic N) is 1. The summed E-state index contributed by atoms with van der Waals surface area (Å²) in [5, 5.41) is 14.6. The van der Waals surface area contributed by atoms with Gasteiger partial charge in [-0.2, -0.15) is 0 Å². The fraction of sp³-hybridized carbons (Fsp3) is 0.294. The first-order valence-electron chi connectivity index (χ1n) is 7.58. The van der Waals surface area contributed by atoms with Crippen LogP contribution in [-0.4, -0.2) is 37.1 Å². The maximum Gasteiger partial charge on any atom is 0.129 e. The average Bonchev–Trinajstić information content (AvgIpc) is 2.92. The number of rotatable bonds is 4. The highest BCUT2D eigenvalue weighted by atomic mass is 35.5. The number of nitrogens with zero attached hydrogens (tertiary/aromatic N) is 1. The topological polar surface area (TPSA) is 54.0 Å². The zero-order valence-electron chi connectivity index (χ0n) is 12.8. The molecule has 2 aliphatic rings. The molecule has 4 rings (SSSR count). The minimum Gasteiger partial charge on any atom is -0.457 e. The molecule has 0 atom stereocenters. The van der Waals surface area contributed by atoms with Gasteiger partial charge in [0, 0.05) is 12.1 Å². The van der Waals surface area contributed by atoms with Crippen LogP contribution in [0.25, 0.3) is 0 Å². The molecule has 24 heavy (non-hydrogen) atoms. The van der Waals surface area contributed by atoms with Crippen LogP contribution in [0.1, 0.15) is 0 Å². The van der Waals surface area contributed by atoms with E-state index in [9.17, 15) is 5.11 Å². The Bertz CT molecular complexity index is 780. The quantitative estimate of drug-likeness (QED) is 0.863. The molecule has 7 heteroatoms. The molecule has 0 bridgehead atoms. The molecule has 0 aromatic heterocycles. The van der Waals surface area contributed by atoms with E-state index in [0.29, 0.717) is 48.0 Å². The van der Waals surface area contributed by atoms with Crippen LogP contribution in [-0.2, 0) is 4.74 Å². The van der Waals surface area contributed by atoms with Crippen LogP contribution in [0.4, 0.5) is 11.4 Å². The standard InChI is InChI=1S/C17H16Cl2N2O3/c18-13-3-1-11(5-14(13)19)24-12-2-4-15-16(6-12)21(10-20-15)7-17(22)8-23-9-17/h1-6,20,22H,7-10H2. The smallest absolute Gasteiger partial charge is 0.129 e. The van der Waals surface area contributed by atoms with Crippen LogP contribution in [0.15, 0.2) is 36.4 Å². The van der Waals surface area contributed by atoms with Crippen molar-refractivity contribution in [1.29, 1.82) is 0 Å². The number of nitrogens with one attached hydrogen (secondary N) is 1.